The van der Waals surface area contributed by atoms with E-state index in [2.05, 4.69) is 24.1 Å². The molecule has 0 spiro atoms. The molecule has 2 rings (SSSR count). The van der Waals surface area contributed by atoms with Crippen molar-refractivity contribution in [3.05, 3.63) is 0 Å². The molecule has 2 heteroatoms. The van der Waals surface area contributed by atoms with Crippen LogP contribution >= 0.6 is 0 Å². The quantitative estimate of drug-likeness (QED) is 0.792. The molecule has 0 aromatic carbocycles. The summed E-state index contributed by atoms with van der Waals surface area (Å²) in [6.07, 6.45) is 10.2. The lowest BCUT2D eigenvalue weighted by Crippen LogP contribution is -2.54. The first-order chi connectivity index (χ1) is 8.36. The van der Waals surface area contributed by atoms with Gasteiger partial charge in [-0.3, -0.25) is 4.90 Å². The van der Waals surface area contributed by atoms with E-state index in [0.717, 1.165) is 24.5 Å². The number of rotatable bonds is 5. The molecule has 100 valence electrons. The summed E-state index contributed by atoms with van der Waals surface area (Å²) in [4.78, 5) is 2.86. The summed E-state index contributed by atoms with van der Waals surface area (Å²) in [6, 6.07) is 1.70. The van der Waals surface area contributed by atoms with Crippen LogP contribution in [0.4, 0.5) is 0 Å². The van der Waals surface area contributed by atoms with Crippen molar-refractivity contribution >= 4 is 0 Å². The van der Waals surface area contributed by atoms with Crippen LogP contribution in [0, 0.1) is 5.92 Å². The number of fused-ring (bicyclic) bond motifs is 1. The van der Waals surface area contributed by atoms with Crippen molar-refractivity contribution in [2.75, 3.05) is 19.6 Å². The van der Waals surface area contributed by atoms with Crippen LogP contribution < -0.4 is 5.32 Å². The lowest BCUT2D eigenvalue weighted by Gasteiger charge is -2.47. The van der Waals surface area contributed by atoms with Gasteiger partial charge in [-0.1, -0.05) is 26.7 Å². The molecule has 0 bridgehead atoms. The summed E-state index contributed by atoms with van der Waals surface area (Å²) >= 11 is 0. The third-order valence-corrected chi connectivity index (χ3v) is 4.86. The van der Waals surface area contributed by atoms with Crippen LogP contribution in [0.2, 0.25) is 0 Å². The third-order valence-electron chi connectivity index (χ3n) is 4.86. The molecule has 0 aromatic heterocycles. The first-order valence-corrected chi connectivity index (χ1v) is 7.83. The Hall–Kier alpha value is -0.0800. The molecular weight excluding hydrogens is 208 g/mol. The maximum atomic E-state index is 3.55. The van der Waals surface area contributed by atoms with Crippen molar-refractivity contribution in [2.24, 2.45) is 5.92 Å². The van der Waals surface area contributed by atoms with E-state index in [4.69, 9.17) is 0 Å². The SMILES string of the molecule is CCNCC(CC)N1CCC[C@H]2CCCC[C@H]21. The fourth-order valence-corrected chi connectivity index (χ4v) is 3.92. The highest BCUT2D eigenvalue weighted by Crippen LogP contribution is 2.36. The van der Waals surface area contributed by atoms with Crippen LogP contribution in [0.3, 0.4) is 0 Å². The van der Waals surface area contributed by atoms with Gasteiger partial charge in [0.1, 0.15) is 0 Å². The fraction of sp³-hybridized carbons (Fsp3) is 1.00. The predicted octanol–water partition coefficient (Wildman–Crippen LogP) is 3.03. The Morgan fingerprint density at radius 3 is 2.65 bits per heavy atom. The maximum absolute atomic E-state index is 3.55. The van der Waals surface area contributed by atoms with Crippen molar-refractivity contribution in [2.45, 2.75) is 70.9 Å². The summed E-state index contributed by atoms with van der Waals surface area (Å²) in [5.74, 6) is 1.02. The van der Waals surface area contributed by atoms with E-state index in [1.807, 2.05) is 0 Å². The average Bonchev–Trinajstić information content (AvgIpc) is 2.40. The standard InChI is InChI=1S/C15H30N2/c1-3-14(12-16-4-2)17-11-7-9-13-8-5-6-10-15(13)17/h13-16H,3-12H2,1-2H3/t13-,14?,15-/m1/s1. The van der Waals surface area contributed by atoms with Crippen LogP contribution in [-0.2, 0) is 0 Å². The zero-order valence-electron chi connectivity index (χ0n) is 11.8. The number of hydrogen-bond donors (Lipinski definition) is 1. The molecule has 3 atom stereocenters. The summed E-state index contributed by atoms with van der Waals surface area (Å²) in [7, 11) is 0. The van der Waals surface area contributed by atoms with E-state index < -0.39 is 0 Å². The minimum absolute atomic E-state index is 0.779. The molecule has 0 radical (unpaired) electrons. The minimum atomic E-state index is 0.779. The zero-order chi connectivity index (χ0) is 12.1. The highest BCUT2D eigenvalue weighted by atomic mass is 15.2. The summed E-state index contributed by atoms with van der Waals surface area (Å²) in [5.41, 5.74) is 0. The van der Waals surface area contributed by atoms with E-state index in [1.165, 1.54) is 58.0 Å². The van der Waals surface area contributed by atoms with E-state index in [9.17, 15) is 0 Å². The summed E-state index contributed by atoms with van der Waals surface area (Å²) < 4.78 is 0. The Balaban J connectivity index is 1.95. The molecule has 1 heterocycles. The molecule has 2 nitrogen and oxygen atoms in total. The van der Waals surface area contributed by atoms with E-state index in [-0.39, 0.29) is 0 Å². The van der Waals surface area contributed by atoms with Crippen LogP contribution in [0.1, 0.15) is 58.8 Å². The Kier molecular flexibility index (Phi) is 5.30. The van der Waals surface area contributed by atoms with Gasteiger partial charge in [0.05, 0.1) is 0 Å². The number of likely N-dealkylation sites (N-methyl/N-ethyl adjacent to an activating group) is 1. The highest BCUT2D eigenvalue weighted by molar-refractivity contribution is 4.90. The number of piperidine rings is 1. The Bertz CT molecular complexity index is 215. The van der Waals surface area contributed by atoms with Gasteiger partial charge >= 0.3 is 0 Å². The normalized spacial score (nSPS) is 32.1. The third kappa shape index (κ3) is 3.23. The highest BCUT2D eigenvalue weighted by Gasteiger charge is 2.35. The van der Waals surface area contributed by atoms with Crippen LogP contribution in [0.15, 0.2) is 0 Å². The molecule has 1 unspecified atom stereocenters. The Morgan fingerprint density at radius 2 is 1.88 bits per heavy atom. The van der Waals surface area contributed by atoms with Crippen LogP contribution in [0.5, 0.6) is 0 Å². The van der Waals surface area contributed by atoms with Gasteiger partial charge < -0.3 is 5.32 Å². The van der Waals surface area contributed by atoms with Gasteiger partial charge in [-0.15, -0.1) is 0 Å². The van der Waals surface area contributed by atoms with Crippen molar-refractivity contribution < 1.29 is 0 Å². The number of likely N-dealkylation sites (tertiary alicyclic amines) is 1. The fourth-order valence-electron chi connectivity index (χ4n) is 3.92. The first kappa shape index (κ1) is 13.4. The van der Waals surface area contributed by atoms with E-state index in [1.54, 1.807) is 0 Å². The summed E-state index contributed by atoms with van der Waals surface area (Å²) in [6.45, 7) is 8.22. The second kappa shape index (κ2) is 6.75. The first-order valence-electron chi connectivity index (χ1n) is 7.83. The van der Waals surface area contributed by atoms with Gasteiger partial charge in [0, 0.05) is 18.6 Å². The predicted molar refractivity (Wildman–Crippen MR) is 74.3 cm³/mol. The monoisotopic (exact) mass is 238 g/mol. The number of hydrogen-bond acceptors (Lipinski definition) is 2. The molecule has 1 aliphatic heterocycles. The molecule has 1 aliphatic carbocycles. The van der Waals surface area contributed by atoms with Crippen molar-refractivity contribution in [3.63, 3.8) is 0 Å². The Labute approximate surface area is 107 Å². The largest absolute Gasteiger partial charge is 0.315 e. The van der Waals surface area contributed by atoms with Crippen LogP contribution in [0.25, 0.3) is 0 Å². The lowest BCUT2D eigenvalue weighted by atomic mass is 9.77. The van der Waals surface area contributed by atoms with E-state index >= 15 is 0 Å². The molecule has 1 saturated heterocycles. The molecule has 1 saturated carbocycles. The van der Waals surface area contributed by atoms with E-state index in [0.29, 0.717) is 0 Å². The van der Waals surface area contributed by atoms with Gasteiger partial charge in [0.2, 0.25) is 0 Å². The molecule has 2 aliphatic rings. The van der Waals surface area contributed by atoms with Crippen LogP contribution in [-0.4, -0.2) is 36.6 Å². The molecule has 2 fully saturated rings. The zero-order valence-corrected chi connectivity index (χ0v) is 11.8. The smallest absolute Gasteiger partial charge is 0.0221 e. The van der Waals surface area contributed by atoms with Gasteiger partial charge in [0.15, 0.2) is 0 Å². The average molecular weight is 238 g/mol. The molecule has 1 N–H and O–H groups in total. The maximum Gasteiger partial charge on any atom is 0.0221 e. The molecule has 0 aromatic rings. The van der Waals surface area contributed by atoms with Crippen molar-refractivity contribution in [1.82, 2.24) is 10.2 Å². The van der Waals surface area contributed by atoms with Gasteiger partial charge in [-0.2, -0.15) is 0 Å². The van der Waals surface area contributed by atoms with Gasteiger partial charge in [0.25, 0.3) is 0 Å². The Morgan fingerprint density at radius 1 is 1.12 bits per heavy atom. The second-order valence-electron chi connectivity index (χ2n) is 5.86. The molecule has 17 heavy (non-hydrogen) atoms. The topological polar surface area (TPSA) is 15.3 Å². The molecule has 0 amide bonds. The summed E-state index contributed by atoms with van der Waals surface area (Å²) in [5, 5.41) is 3.55. The number of nitrogens with one attached hydrogen (secondary N) is 1. The van der Waals surface area contributed by atoms with Crippen molar-refractivity contribution in [1.29, 1.82) is 0 Å². The van der Waals surface area contributed by atoms with Gasteiger partial charge in [-0.25, -0.2) is 0 Å². The second-order valence-corrected chi connectivity index (χ2v) is 5.86. The number of nitrogens with zero attached hydrogens (tertiary/aromatic N) is 1. The lowest BCUT2D eigenvalue weighted by molar-refractivity contribution is 0.0245. The van der Waals surface area contributed by atoms with Gasteiger partial charge in [-0.05, 0) is 51.1 Å². The van der Waals surface area contributed by atoms with Crippen molar-refractivity contribution in [3.8, 4) is 0 Å². The molecular formula is C15H30N2. The minimum Gasteiger partial charge on any atom is -0.315 e.